The van der Waals surface area contributed by atoms with Crippen LogP contribution >= 0.6 is 0 Å². The van der Waals surface area contributed by atoms with Gasteiger partial charge in [0, 0.05) is 19.2 Å². The van der Waals surface area contributed by atoms with Crippen molar-refractivity contribution in [1.29, 1.82) is 0 Å². The van der Waals surface area contributed by atoms with Crippen LogP contribution in [0.25, 0.3) is 0 Å². The first-order valence-corrected chi connectivity index (χ1v) is 8.30. The summed E-state index contributed by atoms with van der Waals surface area (Å²) in [6, 6.07) is 0.655. The highest BCUT2D eigenvalue weighted by molar-refractivity contribution is 4.92. The summed E-state index contributed by atoms with van der Waals surface area (Å²) in [6.07, 6.45) is 4.24. The predicted molar refractivity (Wildman–Crippen MR) is 84.9 cm³/mol. The smallest absolute Gasteiger partial charge is 0.0695 e. The normalized spacial score (nSPS) is 29.7. The molecule has 1 N–H and O–H groups in total. The Bertz CT molecular complexity index is 280. The van der Waals surface area contributed by atoms with Crippen molar-refractivity contribution in [2.45, 2.75) is 78.5 Å². The molecule has 0 aliphatic heterocycles. The Balaban J connectivity index is 2.79. The molecular formula is C17H35NO2. The van der Waals surface area contributed by atoms with Gasteiger partial charge in [0.25, 0.3) is 0 Å². The standard InChI is InChI=1S/C17H35NO2/c1-7-17(4,5)14-9-10-16(19)15(11-14)18(8-2)13(3)12-20-6/h13-16,19H,7-12H2,1-6H3. The van der Waals surface area contributed by atoms with E-state index in [4.69, 9.17) is 4.74 Å². The molecule has 1 fully saturated rings. The van der Waals surface area contributed by atoms with Gasteiger partial charge in [0.1, 0.15) is 0 Å². The van der Waals surface area contributed by atoms with Gasteiger partial charge in [-0.15, -0.1) is 0 Å². The SMILES string of the molecule is CCN(C(C)COC)C1CC(C(C)(C)CC)CCC1O. The molecule has 0 spiro atoms. The molecule has 3 heteroatoms. The molecule has 0 saturated heterocycles. The minimum absolute atomic E-state index is 0.182. The lowest BCUT2D eigenvalue weighted by atomic mass is 9.67. The average Bonchev–Trinajstić information content (AvgIpc) is 2.41. The van der Waals surface area contributed by atoms with Crippen LogP contribution in [0.4, 0.5) is 0 Å². The number of rotatable bonds is 7. The van der Waals surface area contributed by atoms with Crippen LogP contribution in [0.15, 0.2) is 0 Å². The van der Waals surface area contributed by atoms with Gasteiger partial charge in [-0.1, -0.05) is 34.1 Å². The fourth-order valence-corrected chi connectivity index (χ4v) is 3.70. The fraction of sp³-hybridized carbons (Fsp3) is 1.00. The number of likely N-dealkylation sites (N-methyl/N-ethyl adjacent to an activating group) is 1. The van der Waals surface area contributed by atoms with Crippen LogP contribution in [0, 0.1) is 11.3 Å². The maximum atomic E-state index is 10.5. The van der Waals surface area contributed by atoms with E-state index in [0.717, 1.165) is 32.4 Å². The van der Waals surface area contributed by atoms with E-state index in [1.54, 1.807) is 7.11 Å². The van der Waals surface area contributed by atoms with E-state index >= 15 is 0 Å². The molecule has 20 heavy (non-hydrogen) atoms. The van der Waals surface area contributed by atoms with E-state index in [0.29, 0.717) is 17.4 Å². The summed E-state index contributed by atoms with van der Waals surface area (Å²) >= 11 is 0. The van der Waals surface area contributed by atoms with Crippen LogP contribution in [0.2, 0.25) is 0 Å². The summed E-state index contributed by atoms with van der Waals surface area (Å²) in [7, 11) is 1.75. The molecule has 1 rings (SSSR count). The highest BCUT2D eigenvalue weighted by atomic mass is 16.5. The monoisotopic (exact) mass is 285 g/mol. The van der Waals surface area contributed by atoms with Gasteiger partial charge in [-0.3, -0.25) is 4.90 Å². The number of aliphatic hydroxyl groups excluding tert-OH is 1. The van der Waals surface area contributed by atoms with Gasteiger partial charge in [0.2, 0.25) is 0 Å². The van der Waals surface area contributed by atoms with E-state index in [-0.39, 0.29) is 12.1 Å². The lowest BCUT2D eigenvalue weighted by Crippen LogP contribution is -2.53. The van der Waals surface area contributed by atoms with Crippen molar-refractivity contribution in [2.75, 3.05) is 20.3 Å². The first kappa shape index (κ1) is 17.9. The summed E-state index contributed by atoms with van der Waals surface area (Å²) < 4.78 is 5.30. The Kier molecular flexibility index (Phi) is 6.96. The summed E-state index contributed by atoms with van der Waals surface area (Å²) in [5, 5.41) is 10.5. The number of hydrogen-bond donors (Lipinski definition) is 1. The Morgan fingerprint density at radius 3 is 2.45 bits per heavy atom. The zero-order valence-electron chi connectivity index (χ0n) is 14.4. The maximum absolute atomic E-state index is 10.5. The van der Waals surface area contributed by atoms with Crippen molar-refractivity contribution >= 4 is 0 Å². The molecule has 0 radical (unpaired) electrons. The van der Waals surface area contributed by atoms with Gasteiger partial charge in [0.15, 0.2) is 0 Å². The topological polar surface area (TPSA) is 32.7 Å². The molecule has 0 aromatic rings. The maximum Gasteiger partial charge on any atom is 0.0695 e. The minimum Gasteiger partial charge on any atom is -0.391 e. The molecule has 0 heterocycles. The van der Waals surface area contributed by atoms with E-state index in [2.05, 4.69) is 39.5 Å². The molecule has 0 amide bonds. The molecule has 0 aromatic carbocycles. The van der Waals surface area contributed by atoms with Gasteiger partial charge >= 0.3 is 0 Å². The van der Waals surface area contributed by atoms with Crippen molar-refractivity contribution in [3.8, 4) is 0 Å². The second-order valence-electron chi connectivity index (χ2n) is 7.12. The average molecular weight is 285 g/mol. The van der Waals surface area contributed by atoms with Crippen LogP contribution in [0.3, 0.4) is 0 Å². The van der Waals surface area contributed by atoms with Gasteiger partial charge in [-0.25, -0.2) is 0 Å². The predicted octanol–water partition coefficient (Wildman–Crippen LogP) is 3.31. The number of aliphatic hydroxyl groups is 1. The minimum atomic E-state index is -0.182. The van der Waals surface area contributed by atoms with Crippen molar-refractivity contribution < 1.29 is 9.84 Å². The summed E-state index contributed by atoms with van der Waals surface area (Å²) in [5.74, 6) is 0.713. The summed E-state index contributed by atoms with van der Waals surface area (Å²) in [5.41, 5.74) is 0.377. The molecule has 120 valence electrons. The van der Waals surface area contributed by atoms with Crippen LogP contribution in [-0.2, 0) is 4.74 Å². The Morgan fingerprint density at radius 1 is 1.30 bits per heavy atom. The Morgan fingerprint density at radius 2 is 1.95 bits per heavy atom. The molecule has 0 bridgehead atoms. The van der Waals surface area contributed by atoms with Crippen molar-refractivity contribution in [1.82, 2.24) is 4.90 Å². The highest BCUT2D eigenvalue weighted by Gasteiger charge is 2.39. The van der Waals surface area contributed by atoms with Crippen LogP contribution in [0.1, 0.15) is 60.3 Å². The van der Waals surface area contributed by atoms with Crippen molar-refractivity contribution in [3.05, 3.63) is 0 Å². The number of ether oxygens (including phenoxy) is 1. The zero-order chi connectivity index (χ0) is 15.3. The number of nitrogens with zero attached hydrogens (tertiary/aromatic N) is 1. The molecule has 1 saturated carbocycles. The largest absolute Gasteiger partial charge is 0.391 e. The van der Waals surface area contributed by atoms with E-state index in [1.807, 2.05) is 0 Å². The third-order valence-corrected chi connectivity index (χ3v) is 5.56. The molecule has 0 aromatic heterocycles. The van der Waals surface area contributed by atoms with Crippen molar-refractivity contribution in [2.24, 2.45) is 11.3 Å². The first-order valence-electron chi connectivity index (χ1n) is 8.30. The van der Waals surface area contributed by atoms with E-state index in [1.165, 1.54) is 6.42 Å². The van der Waals surface area contributed by atoms with E-state index < -0.39 is 0 Å². The summed E-state index contributed by atoms with van der Waals surface area (Å²) in [6.45, 7) is 13.1. The second kappa shape index (κ2) is 7.77. The van der Waals surface area contributed by atoms with Crippen LogP contribution < -0.4 is 0 Å². The van der Waals surface area contributed by atoms with Crippen LogP contribution in [-0.4, -0.2) is 48.5 Å². The van der Waals surface area contributed by atoms with Gasteiger partial charge in [0.05, 0.1) is 12.7 Å². The quantitative estimate of drug-likeness (QED) is 0.779. The second-order valence-corrected chi connectivity index (χ2v) is 7.12. The molecule has 4 atom stereocenters. The van der Waals surface area contributed by atoms with Gasteiger partial charge < -0.3 is 9.84 Å². The molecular weight excluding hydrogens is 250 g/mol. The zero-order valence-corrected chi connectivity index (χ0v) is 14.4. The lowest BCUT2D eigenvalue weighted by molar-refractivity contribution is -0.0428. The number of methoxy groups -OCH3 is 1. The van der Waals surface area contributed by atoms with Gasteiger partial charge in [-0.2, -0.15) is 0 Å². The molecule has 1 aliphatic carbocycles. The highest BCUT2D eigenvalue weighted by Crippen LogP contribution is 2.42. The Labute approximate surface area is 125 Å². The Hall–Kier alpha value is -0.120. The third-order valence-electron chi connectivity index (χ3n) is 5.56. The molecule has 4 unspecified atom stereocenters. The summed E-state index contributed by atoms with van der Waals surface area (Å²) in [4.78, 5) is 2.44. The molecule has 3 nitrogen and oxygen atoms in total. The first-order chi connectivity index (χ1) is 9.37. The van der Waals surface area contributed by atoms with E-state index in [9.17, 15) is 5.11 Å². The number of hydrogen-bond acceptors (Lipinski definition) is 3. The van der Waals surface area contributed by atoms with Gasteiger partial charge in [-0.05, 0) is 44.1 Å². The molecule has 1 aliphatic rings. The third kappa shape index (κ3) is 4.19. The lowest BCUT2D eigenvalue weighted by Gasteiger charge is -2.47. The van der Waals surface area contributed by atoms with Crippen molar-refractivity contribution in [3.63, 3.8) is 0 Å². The fourth-order valence-electron chi connectivity index (χ4n) is 3.70. The van der Waals surface area contributed by atoms with Crippen LogP contribution in [0.5, 0.6) is 0 Å².